The number of rotatable bonds is 4. The van der Waals surface area contributed by atoms with Crippen LogP contribution in [0.15, 0.2) is 12.1 Å². The van der Waals surface area contributed by atoms with Crippen molar-refractivity contribution in [3.8, 4) is 11.5 Å². The number of carboxylic acids is 1. The molecule has 0 saturated heterocycles. The molecule has 4 N–H and O–H groups in total. The largest absolute Gasteiger partial charge is 0.504 e. The van der Waals surface area contributed by atoms with Gasteiger partial charge in [0.25, 0.3) is 0 Å². The van der Waals surface area contributed by atoms with Crippen molar-refractivity contribution in [3.63, 3.8) is 0 Å². The summed E-state index contributed by atoms with van der Waals surface area (Å²) >= 11 is 0. The maximum atomic E-state index is 12.8. The molecule has 1 aromatic rings. The summed E-state index contributed by atoms with van der Waals surface area (Å²) in [5.74, 6) is -2.38. The quantitative estimate of drug-likeness (QED) is 0.782. The van der Waals surface area contributed by atoms with Gasteiger partial charge < -0.3 is 20.7 Å². The van der Waals surface area contributed by atoms with E-state index in [4.69, 9.17) is 10.8 Å². The molecule has 0 aliphatic rings. The van der Waals surface area contributed by atoms with Crippen molar-refractivity contribution in [1.82, 2.24) is 0 Å². The molecule has 0 aromatic heterocycles. The van der Waals surface area contributed by atoms with Gasteiger partial charge in [-0.1, -0.05) is 0 Å². The SMILES string of the molecule is COc1ccc(C(F)(F)F)c(C(N)CC(=O)O)c1O. The lowest BCUT2D eigenvalue weighted by Gasteiger charge is -2.20. The van der Waals surface area contributed by atoms with Gasteiger partial charge in [-0.05, 0) is 12.1 Å². The minimum absolute atomic E-state index is 0.205. The average Bonchev–Trinajstić information content (AvgIpc) is 2.25. The van der Waals surface area contributed by atoms with E-state index in [1.807, 2.05) is 0 Å². The fourth-order valence-electron chi connectivity index (χ4n) is 1.67. The topological polar surface area (TPSA) is 92.8 Å². The molecule has 0 bridgehead atoms. The van der Waals surface area contributed by atoms with E-state index in [0.29, 0.717) is 6.07 Å². The number of hydrogen-bond donors (Lipinski definition) is 3. The van der Waals surface area contributed by atoms with Crippen LogP contribution in [0, 0.1) is 0 Å². The lowest BCUT2D eigenvalue weighted by atomic mass is 9.96. The number of carboxylic acid groups (broad SMARTS) is 1. The molecule has 0 heterocycles. The Morgan fingerprint density at radius 2 is 2.05 bits per heavy atom. The maximum Gasteiger partial charge on any atom is 0.416 e. The van der Waals surface area contributed by atoms with Gasteiger partial charge in [-0.2, -0.15) is 13.2 Å². The standard InChI is InChI=1S/C11H12F3NO4/c1-19-7-3-2-5(11(12,13)14)9(10(7)18)6(15)4-8(16)17/h2-3,6,18H,4,15H2,1H3,(H,16,17). The van der Waals surface area contributed by atoms with E-state index in [0.717, 1.165) is 13.2 Å². The van der Waals surface area contributed by atoms with Crippen LogP contribution in [0.2, 0.25) is 0 Å². The van der Waals surface area contributed by atoms with Crippen molar-refractivity contribution in [2.24, 2.45) is 5.73 Å². The molecule has 8 heteroatoms. The molecule has 106 valence electrons. The molecule has 0 aliphatic heterocycles. The summed E-state index contributed by atoms with van der Waals surface area (Å²) in [7, 11) is 1.16. The second-order valence-electron chi connectivity index (χ2n) is 3.78. The lowest BCUT2D eigenvalue weighted by Crippen LogP contribution is -2.20. The van der Waals surface area contributed by atoms with Crippen LogP contribution in [0.5, 0.6) is 11.5 Å². The minimum atomic E-state index is -4.75. The number of ether oxygens (including phenoxy) is 1. The van der Waals surface area contributed by atoms with Crippen LogP contribution in [0.25, 0.3) is 0 Å². The first-order valence-electron chi connectivity index (χ1n) is 5.13. The summed E-state index contributed by atoms with van der Waals surface area (Å²) in [6, 6.07) is 0.134. The number of halogens is 3. The van der Waals surface area contributed by atoms with Crippen molar-refractivity contribution in [1.29, 1.82) is 0 Å². The van der Waals surface area contributed by atoms with Gasteiger partial charge in [-0.3, -0.25) is 4.79 Å². The van der Waals surface area contributed by atoms with Gasteiger partial charge in [-0.25, -0.2) is 0 Å². The Kier molecular flexibility index (Phi) is 4.25. The van der Waals surface area contributed by atoms with Crippen LogP contribution in [0.3, 0.4) is 0 Å². The first-order chi connectivity index (χ1) is 8.68. The van der Waals surface area contributed by atoms with Crippen LogP contribution in [-0.2, 0) is 11.0 Å². The molecule has 0 spiro atoms. The van der Waals surface area contributed by atoms with Gasteiger partial charge in [0, 0.05) is 11.6 Å². The second-order valence-corrected chi connectivity index (χ2v) is 3.78. The molecule has 5 nitrogen and oxygen atoms in total. The minimum Gasteiger partial charge on any atom is -0.504 e. The van der Waals surface area contributed by atoms with E-state index in [2.05, 4.69) is 4.74 Å². The van der Waals surface area contributed by atoms with Crippen LogP contribution >= 0.6 is 0 Å². The Balaban J connectivity index is 3.42. The zero-order chi connectivity index (χ0) is 14.8. The summed E-state index contributed by atoms with van der Waals surface area (Å²) in [6.45, 7) is 0. The van der Waals surface area contributed by atoms with Crippen molar-refractivity contribution in [2.75, 3.05) is 7.11 Å². The third-order valence-corrected chi connectivity index (χ3v) is 2.47. The first kappa shape index (κ1) is 15.1. The summed E-state index contributed by atoms with van der Waals surface area (Å²) < 4.78 is 43.1. The van der Waals surface area contributed by atoms with Gasteiger partial charge in [0.15, 0.2) is 11.5 Å². The molecule has 0 radical (unpaired) electrons. The van der Waals surface area contributed by atoms with Crippen LogP contribution < -0.4 is 10.5 Å². The first-order valence-corrected chi connectivity index (χ1v) is 5.13. The van der Waals surface area contributed by atoms with Gasteiger partial charge in [0.1, 0.15) is 0 Å². The number of alkyl halides is 3. The Labute approximate surface area is 106 Å². The highest BCUT2D eigenvalue weighted by Crippen LogP contribution is 2.43. The highest BCUT2D eigenvalue weighted by Gasteiger charge is 2.37. The number of phenols is 1. The van der Waals surface area contributed by atoms with Crippen molar-refractivity contribution >= 4 is 5.97 Å². The van der Waals surface area contributed by atoms with Gasteiger partial charge in [-0.15, -0.1) is 0 Å². The normalized spacial score (nSPS) is 13.1. The Morgan fingerprint density at radius 1 is 1.47 bits per heavy atom. The van der Waals surface area contributed by atoms with E-state index in [1.165, 1.54) is 0 Å². The second kappa shape index (κ2) is 5.35. The molecule has 0 amide bonds. The highest BCUT2D eigenvalue weighted by atomic mass is 19.4. The molecule has 19 heavy (non-hydrogen) atoms. The van der Waals surface area contributed by atoms with Crippen LogP contribution in [0.1, 0.15) is 23.6 Å². The summed E-state index contributed by atoms with van der Waals surface area (Å²) in [5, 5.41) is 18.3. The monoisotopic (exact) mass is 279 g/mol. The van der Waals surface area contributed by atoms with Gasteiger partial charge in [0.05, 0.1) is 19.1 Å². The molecule has 0 saturated carbocycles. The van der Waals surface area contributed by atoms with Gasteiger partial charge in [0.2, 0.25) is 0 Å². The third kappa shape index (κ3) is 3.28. The van der Waals surface area contributed by atoms with Crippen molar-refractivity contribution in [3.05, 3.63) is 23.3 Å². The average molecular weight is 279 g/mol. The van der Waals surface area contributed by atoms with E-state index in [9.17, 15) is 23.1 Å². The van der Waals surface area contributed by atoms with E-state index < -0.39 is 41.5 Å². The molecule has 0 fully saturated rings. The van der Waals surface area contributed by atoms with E-state index >= 15 is 0 Å². The van der Waals surface area contributed by atoms with Crippen LogP contribution in [0.4, 0.5) is 13.2 Å². The Bertz CT molecular complexity index is 488. The maximum absolute atomic E-state index is 12.8. The molecule has 1 atom stereocenters. The zero-order valence-corrected chi connectivity index (χ0v) is 9.86. The summed E-state index contributed by atoms with van der Waals surface area (Å²) in [4.78, 5) is 10.5. The van der Waals surface area contributed by atoms with Gasteiger partial charge >= 0.3 is 12.1 Å². The number of hydrogen-bond acceptors (Lipinski definition) is 4. The van der Waals surface area contributed by atoms with Crippen LogP contribution in [-0.4, -0.2) is 23.3 Å². The number of nitrogens with two attached hydrogens (primary N) is 1. The molecular formula is C11H12F3NO4. The molecule has 1 aromatic carbocycles. The zero-order valence-electron chi connectivity index (χ0n) is 9.86. The summed E-state index contributed by atoms with van der Waals surface area (Å²) in [6.07, 6.45) is -5.50. The predicted octanol–water partition coefficient (Wildman–Crippen LogP) is 1.89. The fourth-order valence-corrected chi connectivity index (χ4v) is 1.67. The van der Waals surface area contributed by atoms with Crippen molar-refractivity contribution in [2.45, 2.75) is 18.6 Å². The number of phenolic OH excluding ortho intramolecular Hbond substituents is 1. The number of methoxy groups -OCH3 is 1. The number of carbonyl (C=O) groups is 1. The molecule has 1 rings (SSSR count). The number of benzene rings is 1. The fraction of sp³-hybridized carbons (Fsp3) is 0.364. The predicted molar refractivity (Wildman–Crippen MR) is 58.8 cm³/mol. The Morgan fingerprint density at radius 3 is 2.47 bits per heavy atom. The van der Waals surface area contributed by atoms with E-state index in [1.54, 1.807) is 0 Å². The van der Waals surface area contributed by atoms with E-state index in [-0.39, 0.29) is 5.75 Å². The Hall–Kier alpha value is -1.96. The number of aliphatic carboxylic acids is 1. The number of aromatic hydroxyl groups is 1. The van der Waals surface area contributed by atoms with Crippen molar-refractivity contribution < 1.29 is 32.9 Å². The molecule has 0 aliphatic carbocycles. The summed E-state index contributed by atoms with van der Waals surface area (Å²) in [5.41, 5.74) is 3.55. The smallest absolute Gasteiger partial charge is 0.416 e. The molecular weight excluding hydrogens is 267 g/mol. The highest BCUT2D eigenvalue weighted by molar-refractivity contribution is 5.68. The third-order valence-electron chi connectivity index (χ3n) is 2.47. The molecule has 1 unspecified atom stereocenters. The lowest BCUT2D eigenvalue weighted by molar-refractivity contribution is -0.140.